The zero-order valence-corrected chi connectivity index (χ0v) is 20.6. The van der Waals surface area contributed by atoms with Crippen molar-refractivity contribution in [3.05, 3.63) is 59.3 Å². The number of piperidine rings is 1. The lowest BCUT2D eigenvalue weighted by Gasteiger charge is -2.29. The Bertz CT molecular complexity index is 1210. The Morgan fingerprint density at radius 2 is 1.91 bits per heavy atom. The van der Waals surface area contributed by atoms with Crippen molar-refractivity contribution in [2.45, 2.75) is 51.3 Å². The predicted octanol–water partition coefficient (Wildman–Crippen LogP) is 5.08. The van der Waals surface area contributed by atoms with E-state index < -0.39 is 23.4 Å². The number of nitrogens with one attached hydrogen (secondary N) is 1. The van der Waals surface area contributed by atoms with Gasteiger partial charge in [0.15, 0.2) is 0 Å². The molecule has 0 saturated carbocycles. The van der Waals surface area contributed by atoms with Gasteiger partial charge in [-0.15, -0.1) is 0 Å². The number of alkyl halides is 3. The van der Waals surface area contributed by atoms with Crippen LogP contribution in [0.4, 0.5) is 18.9 Å². The average Bonchev–Trinajstić information content (AvgIpc) is 3.21. The van der Waals surface area contributed by atoms with Crippen LogP contribution in [0.1, 0.15) is 67.0 Å². The molecule has 1 aliphatic heterocycles. The molecule has 35 heavy (non-hydrogen) atoms. The second kappa shape index (κ2) is 9.79. The first-order valence-electron chi connectivity index (χ1n) is 11.4. The van der Waals surface area contributed by atoms with E-state index in [0.717, 1.165) is 49.5 Å². The Morgan fingerprint density at radius 3 is 2.54 bits per heavy atom. The van der Waals surface area contributed by atoms with Crippen molar-refractivity contribution in [1.29, 1.82) is 0 Å². The number of amides is 1. The minimum atomic E-state index is -4.66. The first kappa shape index (κ1) is 25.5. The zero-order chi connectivity index (χ0) is 25.4. The van der Waals surface area contributed by atoms with Crippen LogP contribution in [0.15, 0.2) is 36.7 Å². The van der Waals surface area contributed by atoms with Gasteiger partial charge in [0, 0.05) is 42.7 Å². The smallest absolute Gasteiger partial charge is 0.386 e. The van der Waals surface area contributed by atoms with Gasteiger partial charge in [0.1, 0.15) is 17.0 Å². The monoisotopic (exact) mass is 507 g/mol. The third-order valence-electron chi connectivity index (χ3n) is 5.97. The highest BCUT2D eigenvalue weighted by atomic mass is 32.2. The first-order chi connectivity index (χ1) is 16.5. The number of anilines is 1. The van der Waals surface area contributed by atoms with Crippen LogP contribution in [0.5, 0.6) is 0 Å². The van der Waals surface area contributed by atoms with Gasteiger partial charge in [0.05, 0.1) is 17.0 Å². The molecule has 0 aromatic carbocycles. The van der Waals surface area contributed by atoms with Crippen molar-refractivity contribution < 1.29 is 23.1 Å². The molecule has 188 valence electrons. The predicted molar refractivity (Wildman–Crippen MR) is 129 cm³/mol. The van der Waals surface area contributed by atoms with Crippen molar-refractivity contribution >= 4 is 29.2 Å². The zero-order valence-electron chi connectivity index (χ0n) is 19.8. The molecule has 7 nitrogen and oxygen atoms in total. The number of carbonyl (C=O) groups excluding carboxylic acids is 1. The lowest BCUT2D eigenvalue weighted by atomic mass is 9.95. The molecular weight excluding hydrogens is 479 g/mol. The molecule has 4 rings (SSSR count). The van der Waals surface area contributed by atoms with Crippen LogP contribution in [0.25, 0.3) is 5.65 Å². The quantitative estimate of drug-likeness (QED) is 0.453. The summed E-state index contributed by atoms with van der Waals surface area (Å²) in [5.74, 6) is 0.548. The van der Waals surface area contributed by atoms with Gasteiger partial charge < -0.3 is 14.8 Å². The summed E-state index contributed by atoms with van der Waals surface area (Å²) in [6.45, 7) is 7.25. The third kappa shape index (κ3) is 5.79. The van der Waals surface area contributed by atoms with Crippen molar-refractivity contribution in [2.75, 3.05) is 24.2 Å². The SMILES string of the molecule is CCSN1CCC(c2cn3cc(NC(=O)c4cccc(C(F)(F)F)n4)c(C(C)(C)O)cc3n2)CC1. The fourth-order valence-electron chi connectivity index (χ4n) is 4.22. The summed E-state index contributed by atoms with van der Waals surface area (Å²) in [7, 11) is 0. The van der Waals surface area contributed by atoms with Gasteiger partial charge in [0.2, 0.25) is 0 Å². The molecule has 4 heterocycles. The standard InChI is InChI=1S/C24H28F3N5O2S/c1-4-35-32-10-8-15(9-11-32)18-13-31-14-19(16(23(2,3)34)12-21(31)29-18)30-22(33)17-6-5-7-20(28-17)24(25,26)27/h5-7,12-15,34H,4,8-11H2,1-3H3,(H,30,33). The summed E-state index contributed by atoms with van der Waals surface area (Å²) in [4.78, 5) is 21.0. The van der Waals surface area contributed by atoms with E-state index in [4.69, 9.17) is 4.98 Å². The van der Waals surface area contributed by atoms with E-state index in [1.54, 1.807) is 30.5 Å². The van der Waals surface area contributed by atoms with E-state index in [1.165, 1.54) is 6.07 Å². The molecule has 0 radical (unpaired) electrons. The second-order valence-corrected chi connectivity index (χ2v) is 10.4. The average molecular weight is 508 g/mol. The number of carbonyl (C=O) groups is 1. The summed E-state index contributed by atoms with van der Waals surface area (Å²) >= 11 is 1.84. The highest BCUT2D eigenvalue weighted by Crippen LogP contribution is 2.33. The Hall–Kier alpha value is -2.63. The van der Waals surface area contributed by atoms with Crippen molar-refractivity contribution in [1.82, 2.24) is 18.7 Å². The van der Waals surface area contributed by atoms with Gasteiger partial charge in [0.25, 0.3) is 5.91 Å². The van der Waals surface area contributed by atoms with Crippen LogP contribution in [-0.4, -0.2) is 48.5 Å². The largest absolute Gasteiger partial charge is 0.433 e. The molecule has 1 saturated heterocycles. The number of fused-ring (bicyclic) bond motifs is 1. The molecule has 0 unspecified atom stereocenters. The molecule has 0 aliphatic carbocycles. The van der Waals surface area contributed by atoms with Gasteiger partial charge in [-0.2, -0.15) is 13.2 Å². The van der Waals surface area contributed by atoms with E-state index >= 15 is 0 Å². The van der Waals surface area contributed by atoms with E-state index in [-0.39, 0.29) is 11.4 Å². The minimum absolute atomic E-state index is 0.271. The lowest BCUT2D eigenvalue weighted by molar-refractivity contribution is -0.141. The fraction of sp³-hybridized carbons (Fsp3) is 0.458. The van der Waals surface area contributed by atoms with Gasteiger partial charge >= 0.3 is 6.18 Å². The summed E-state index contributed by atoms with van der Waals surface area (Å²) in [6, 6.07) is 4.85. The molecule has 2 N–H and O–H groups in total. The van der Waals surface area contributed by atoms with Gasteiger partial charge in [-0.1, -0.05) is 24.9 Å². The number of pyridine rings is 2. The topological polar surface area (TPSA) is 82.8 Å². The number of aromatic nitrogens is 3. The molecule has 1 amide bonds. The molecule has 1 aliphatic rings. The summed E-state index contributed by atoms with van der Waals surface area (Å²) in [5, 5.41) is 13.4. The van der Waals surface area contributed by atoms with Crippen LogP contribution in [0, 0.1) is 0 Å². The summed E-state index contributed by atoms with van der Waals surface area (Å²) in [5.41, 5.74) is -0.617. The number of aliphatic hydroxyl groups is 1. The number of hydrogen-bond acceptors (Lipinski definition) is 6. The van der Waals surface area contributed by atoms with Crippen molar-refractivity contribution in [3.63, 3.8) is 0 Å². The Morgan fingerprint density at radius 1 is 1.20 bits per heavy atom. The maximum Gasteiger partial charge on any atom is 0.433 e. The molecule has 0 spiro atoms. The highest BCUT2D eigenvalue weighted by molar-refractivity contribution is 7.96. The Labute approximate surface area is 205 Å². The summed E-state index contributed by atoms with van der Waals surface area (Å²) in [6.07, 6.45) is 0.855. The number of halogens is 3. The van der Waals surface area contributed by atoms with Crippen LogP contribution in [0.3, 0.4) is 0 Å². The second-order valence-electron chi connectivity index (χ2n) is 9.07. The highest BCUT2D eigenvalue weighted by Gasteiger charge is 2.33. The molecule has 0 bridgehead atoms. The van der Waals surface area contributed by atoms with Gasteiger partial charge in [-0.3, -0.25) is 9.10 Å². The molecule has 3 aromatic heterocycles. The first-order valence-corrected chi connectivity index (χ1v) is 12.4. The van der Waals surface area contributed by atoms with Crippen LogP contribution < -0.4 is 5.32 Å². The van der Waals surface area contributed by atoms with Crippen molar-refractivity contribution in [3.8, 4) is 0 Å². The Balaban J connectivity index is 1.63. The molecule has 11 heteroatoms. The number of hydrogen-bond donors (Lipinski definition) is 2. The normalized spacial score (nSPS) is 16.1. The van der Waals surface area contributed by atoms with E-state index in [1.807, 2.05) is 18.1 Å². The maximum absolute atomic E-state index is 13.0. The lowest BCUT2D eigenvalue weighted by Crippen LogP contribution is -2.27. The van der Waals surface area contributed by atoms with E-state index in [2.05, 4.69) is 21.5 Å². The number of nitrogens with zero attached hydrogens (tertiary/aromatic N) is 4. The van der Waals surface area contributed by atoms with Gasteiger partial charge in [-0.05, 0) is 44.9 Å². The van der Waals surface area contributed by atoms with E-state index in [0.29, 0.717) is 17.1 Å². The third-order valence-corrected chi connectivity index (χ3v) is 6.96. The van der Waals surface area contributed by atoms with Crippen molar-refractivity contribution in [2.24, 2.45) is 0 Å². The fourth-order valence-corrected chi connectivity index (χ4v) is 5.06. The molecule has 1 fully saturated rings. The number of rotatable bonds is 6. The molecule has 0 atom stereocenters. The van der Waals surface area contributed by atoms with Crippen LogP contribution in [0.2, 0.25) is 0 Å². The van der Waals surface area contributed by atoms with Crippen LogP contribution in [-0.2, 0) is 11.8 Å². The summed E-state index contributed by atoms with van der Waals surface area (Å²) < 4.78 is 43.2. The maximum atomic E-state index is 13.0. The molecule has 3 aromatic rings. The molecular formula is C24H28F3N5O2S. The van der Waals surface area contributed by atoms with E-state index in [9.17, 15) is 23.1 Å². The minimum Gasteiger partial charge on any atom is -0.386 e. The Kier molecular flexibility index (Phi) is 7.12. The van der Waals surface area contributed by atoms with Crippen LogP contribution >= 0.6 is 11.9 Å². The number of imidazole rings is 1. The van der Waals surface area contributed by atoms with Gasteiger partial charge in [-0.25, -0.2) is 9.97 Å².